The lowest BCUT2D eigenvalue weighted by molar-refractivity contribution is -0.127. The summed E-state index contributed by atoms with van der Waals surface area (Å²) < 4.78 is 5.13. The van der Waals surface area contributed by atoms with Crippen molar-refractivity contribution >= 4 is 5.78 Å². The van der Waals surface area contributed by atoms with E-state index in [0.717, 1.165) is 0 Å². The van der Waals surface area contributed by atoms with Crippen LogP contribution < -0.4 is 5.73 Å². The van der Waals surface area contributed by atoms with Gasteiger partial charge in [0.05, 0.1) is 25.0 Å². The molecule has 1 aliphatic heterocycles. The smallest absolute Gasteiger partial charge is 0.154 e. The highest BCUT2D eigenvalue weighted by Gasteiger charge is 2.43. The van der Waals surface area contributed by atoms with E-state index in [2.05, 4.69) is 5.92 Å². The van der Waals surface area contributed by atoms with E-state index in [9.17, 15) is 4.79 Å². The molecule has 0 aromatic heterocycles. The summed E-state index contributed by atoms with van der Waals surface area (Å²) in [6.45, 7) is 2.66. The van der Waals surface area contributed by atoms with E-state index in [-0.39, 0.29) is 18.2 Å². The Morgan fingerprint density at radius 3 is 3.00 bits per heavy atom. The van der Waals surface area contributed by atoms with Crippen LogP contribution in [0.25, 0.3) is 0 Å². The average Bonchev–Trinajstić information content (AvgIpc) is 2.34. The Hall–Kier alpha value is -0.850. The van der Waals surface area contributed by atoms with Crippen LogP contribution in [0.4, 0.5) is 0 Å². The van der Waals surface area contributed by atoms with E-state index < -0.39 is 5.41 Å². The minimum atomic E-state index is -0.563. The van der Waals surface area contributed by atoms with Crippen LogP contribution in [-0.2, 0) is 9.53 Å². The fraction of sp³-hybridized carbons (Fsp3) is 0.667. The first-order valence-corrected chi connectivity index (χ1v) is 3.91. The van der Waals surface area contributed by atoms with Gasteiger partial charge in [0.1, 0.15) is 0 Å². The molecule has 1 aliphatic rings. The SMILES string of the molecule is C#CCC(=O)C1(C)COCC1N. The summed E-state index contributed by atoms with van der Waals surface area (Å²) in [7, 11) is 0. The Bertz CT molecular complexity index is 231. The second kappa shape index (κ2) is 3.26. The van der Waals surface area contributed by atoms with E-state index in [4.69, 9.17) is 16.9 Å². The lowest BCUT2D eigenvalue weighted by atomic mass is 9.80. The van der Waals surface area contributed by atoms with Crippen molar-refractivity contribution in [1.82, 2.24) is 0 Å². The quantitative estimate of drug-likeness (QED) is 0.586. The zero-order chi connectivity index (χ0) is 9.19. The Morgan fingerprint density at radius 1 is 1.92 bits per heavy atom. The fourth-order valence-corrected chi connectivity index (χ4v) is 1.27. The van der Waals surface area contributed by atoms with Gasteiger partial charge in [0.25, 0.3) is 0 Å². The molecule has 66 valence electrons. The molecule has 1 rings (SSSR count). The molecule has 0 aliphatic carbocycles. The zero-order valence-electron chi connectivity index (χ0n) is 7.17. The lowest BCUT2D eigenvalue weighted by Crippen LogP contribution is -2.44. The van der Waals surface area contributed by atoms with Gasteiger partial charge in [-0.05, 0) is 6.92 Å². The van der Waals surface area contributed by atoms with Crippen molar-refractivity contribution in [1.29, 1.82) is 0 Å². The normalized spacial score (nSPS) is 34.6. The van der Waals surface area contributed by atoms with Gasteiger partial charge in [-0.3, -0.25) is 4.79 Å². The van der Waals surface area contributed by atoms with Crippen molar-refractivity contribution in [2.24, 2.45) is 11.1 Å². The van der Waals surface area contributed by atoms with E-state index in [1.807, 2.05) is 6.92 Å². The number of nitrogens with two attached hydrogens (primary N) is 1. The maximum atomic E-state index is 11.5. The minimum absolute atomic E-state index is 0.00926. The highest BCUT2D eigenvalue weighted by Crippen LogP contribution is 2.28. The highest BCUT2D eigenvalue weighted by molar-refractivity contribution is 5.87. The molecular weight excluding hydrogens is 154 g/mol. The average molecular weight is 167 g/mol. The molecule has 3 heteroatoms. The Morgan fingerprint density at radius 2 is 2.58 bits per heavy atom. The van der Waals surface area contributed by atoms with Gasteiger partial charge >= 0.3 is 0 Å². The fourth-order valence-electron chi connectivity index (χ4n) is 1.27. The van der Waals surface area contributed by atoms with Crippen LogP contribution in [0.1, 0.15) is 13.3 Å². The van der Waals surface area contributed by atoms with E-state index in [1.165, 1.54) is 0 Å². The number of ketones is 1. The van der Waals surface area contributed by atoms with Gasteiger partial charge < -0.3 is 10.5 Å². The molecule has 0 saturated carbocycles. The van der Waals surface area contributed by atoms with Gasteiger partial charge in [-0.25, -0.2) is 0 Å². The molecule has 0 aromatic carbocycles. The number of carbonyl (C=O) groups is 1. The van der Waals surface area contributed by atoms with E-state index in [0.29, 0.717) is 13.2 Å². The molecule has 0 aromatic rings. The molecule has 1 heterocycles. The maximum absolute atomic E-state index is 11.5. The topological polar surface area (TPSA) is 52.3 Å². The first-order chi connectivity index (χ1) is 5.61. The van der Waals surface area contributed by atoms with Crippen molar-refractivity contribution in [2.45, 2.75) is 19.4 Å². The number of rotatable bonds is 2. The summed E-state index contributed by atoms with van der Waals surface area (Å²) in [5, 5.41) is 0. The Labute approximate surface area is 72.3 Å². The zero-order valence-corrected chi connectivity index (χ0v) is 7.17. The Balaban J connectivity index is 2.71. The molecule has 0 bridgehead atoms. The van der Waals surface area contributed by atoms with Crippen LogP contribution in [0.2, 0.25) is 0 Å². The molecule has 0 radical (unpaired) electrons. The predicted octanol–water partition coefficient (Wildman–Crippen LogP) is -0.0574. The molecule has 2 N–H and O–H groups in total. The molecule has 0 spiro atoms. The largest absolute Gasteiger partial charge is 0.379 e. The summed E-state index contributed by atoms with van der Waals surface area (Å²) in [5.41, 5.74) is 5.17. The van der Waals surface area contributed by atoms with Crippen LogP contribution >= 0.6 is 0 Å². The Kier molecular flexibility index (Phi) is 2.51. The van der Waals surface area contributed by atoms with Crippen molar-refractivity contribution in [3.8, 4) is 12.3 Å². The van der Waals surface area contributed by atoms with Crippen molar-refractivity contribution in [2.75, 3.05) is 13.2 Å². The number of hydrogen-bond donors (Lipinski definition) is 1. The first kappa shape index (κ1) is 9.24. The molecule has 1 saturated heterocycles. The number of hydrogen-bond acceptors (Lipinski definition) is 3. The van der Waals surface area contributed by atoms with Crippen LogP contribution in [0, 0.1) is 17.8 Å². The molecule has 3 nitrogen and oxygen atoms in total. The van der Waals surface area contributed by atoms with Crippen LogP contribution in [0.5, 0.6) is 0 Å². The van der Waals surface area contributed by atoms with Crippen LogP contribution in [0.15, 0.2) is 0 Å². The summed E-state index contributed by atoms with van der Waals surface area (Å²) >= 11 is 0. The third kappa shape index (κ3) is 1.36. The first-order valence-electron chi connectivity index (χ1n) is 3.91. The molecule has 0 amide bonds. The second-order valence-electron chi connectivity index (χ2n) is 3.34. The molecule has 2 atom stereocenters. The van der Waals surface area contributed by atoms with Crippen molar-refractivity contribution in [3.63, 3.8) is 0 Å². The van der Waals surface area contributed by atoms with Gasteiger partial charge in [-0.2, -0.15) is 0 Å². The lowest BCUT2D eigenvalue weighted by Gasteiger charge is -2.23. The predicted molar refractivity (Wildman–Crippen MR) is 45.4 cm³/mol. The van der Waals surface area contributed by atoms with Crippen LogP contribution in [-0.4, -0.2) is 25.0 Å². The number of carbonyl (C=O) groups excluding carboxylic acids is 1. The minimum Gasteiger partial charge on any atom is -0.379 e. The third-order valence-corrected chi connectivity index (χ3v) is 2.42. The summed E-state index contributed by atoms with van der Waals surface area (Å²) in [6, 6.07) is -0.210. The summed E-state index contributed by atoms with van der Waals surface area (Å²) in [4.78, 5) is 11.5. The number of terminal acetylenes is 1. The van der Waals surface area contributed by atoms with E-state index >= 15 is 0 Å². The molecule has 12 heavy (non-hydrogen) atoms. The van der Waals surface area contributed by atoms with Crippen molar-refractivity contribution < 1.29 is 9.53 Å². The van der Waals surface area contributed by atoms with Gasteiger partial charge in [0.15, 0.2) is 5.78 Å². The van der Waals surface area contributed by atoms with Gasteiger partial charge in [0.2, 0.25) is 0 Å². The molecule has 1 fully saturated rings. The summed E-state index contributed by atoms with van der Waals surface area (Å²) in [6.07, 6.45) is 5.20. The molecule has 2 unspecified atom stereocenters. The van der Waals surface area contributed by atoms with E-state index in [1.54, 1.807) is 0 Å². The molecular formula is C9H13NO2. The number of Topliss-reactive ketones (excluding diaryl/α,β-unsaturated/α-hetero) is 1. The van der Waals surface area contributed by atoms with Crippen molar-refractivity contribution in [3.05, 3.63) is 0 Å². The highest BCUT2D eigenvalue weighted by atomic mass is 16.5. The van der Waals surface area contributed by atoms with Gasteiger partial charge in [-0.15, -0.1) is 6.42 Å². The third-order valence-electron chi connectivity index (χ3n) is 2.42. The van der Waals surface area contributed by atoms with Gasteiger partial charge in [0, 0.05) is 6.04 Å². The summed E-state index contributed by atoms with van der Waals surface area (Å²) in [5.74, 6) is 2.34. The maximum Gasteiger partial charge on any atom is 0.154 e. The van der Waals surface area contributed by atoms with Crippen LogP contribution in [0.3, 0.4) is 0 Å². The van der Waals surface area contributed by atoms with Gasteiger partial charge in [-0.1, -0.05) is 5.92 Å². The second-order valence-corrected chi connectivity index (χ2v) is 3.34. The standard InChI is InChI=1S/C9H13NO2/c1-3-4-8(11)9(2)6-12-5-7(9)10/h1,7H,4-6,10H2,2H3. The monoisotopic (exact) mass is 167 g/mol. The number of ether oxygens (including phenoxy) is 1.